The molecular formula is C15H19N3O2S2. The minimum atomic E-state index is -3.15. The van der Waals surface area contributed by atoms with Crippen LogP contribution in [0.2, 0.25) is 0 Å². The zero-order valence-electron chi connectivity index (χ0n) is 12.8. The molecule has 2 aromatic rings. The number of hydrogen-bond donors (Lipinski definition) is 2. The summed E-state index contributed by atoms with van der Waals surface area (Å²) in [6, 6.07) is 9.32. The van der Waals surface area contributed by atoms with Gasteiger partial charge in [0.15, 0.2) is 15.8 Å². The molecule has 7 heteroatoms. The van der Waals surface area contributed by atoms with E-state index < -0.39 is 9.84 Å². The predicted octanol–water partition coefficient (Wildman–Crippen LogP) is 2.70. The first-order valence-electron chi connectivity index (χ1n) is 6.68. The van der Waals surface area contributed by atoms with Crippen molar-refractivity contribution in [1.29, 1.82) is 0 Å². The van der Waals surface area contributed by atoms with Crippen LogP contribution in [0.5, 0.6) is 0 Å². The molecule has 0 atom stereocenters. The van der Waals surface area contributed by atoms with E-state index in [0.29, 0.717) is 16.7 Å². The molecule has 1 aromatic heterocycles. The van der Waals surface area contributed by atoms with Gasteiger partial charge in [0, 0.05) is 16.8 Å². The first kappa shape index (κ1) is 16.5. The maximum atomic E-state index is 11.4. The van der Waals surface area contributed by atoms with Crippen molar-refractivity contribution in [2.45, 2.75) is 24.6 Å². The number of rotatable bonds is 4. The molecule has 0 radical (unpaired) electrons. The van der Waals surface area contributed by atoms with Gasteiger partial charge in [0.2, 0.25) is 0 Å². The lowest BCUT2D eigenvalue weighted by Gasteiger charge is -2.07. The zero-order valence-corrected chi connectivity index (χ0v) is 14.4. The van der Waals surface area contributed by atoms with Gasteiger partial charge in [-0.3, -0.25) is 0 Å². The molecule has 3 N–H and O–H groups in total. The smallest absolute Gasteiger partial charge is 0.193 e. The van der Waals surface area contributed by atoms with Gasteiger partial charge in [0.25, 0.3) is 0 Å². The Kier molecular flexibility index (Phi) is 4.87. The molecule has 0 saturated carbocycles. The van der Waals surface area contributed by atoms with E-state index in [2.05, 4.69) is 10.3 Å². The maximum Gasteiger partial charge on any atom is 0.193 e. The van der Waals surface area contributed by atoms with Crippen molar-refractivity contribution in [2.24, 2.45) is 10.7 Å². The summed E-state index contributed by atoms with van der Waals surface area (Å²) in [6.45, 7) is 4.43. The molecule has 1 aromatic carbocycles. The van der Waals surface area contributed by atoms with Gasteiger partial charge in [-0.05, 0) is 49.2 Å². The van der Waals surface area contributed by atoms with Crippen molar-refractivity contribution in [3.63, 3.8) is 0 Å². The maximum absolute atomic E-state index is 11.4. The van der Waals surface area contributed by atoms with Gasteiger partial charge in [-0.25, -0.2) is 13.4 Å². The van der Waals surface area contributed by atoms with E-state index in [-0.39, 0.29) is 0 Å². The van der Waals surface area contributed by atoms with Crippen LogP contribution in [0, 0.1) is 13.8 Å². The van der Waals surface area contributed by atoms with E-state index in [1.807, 2.05) is 32.0 Å². The van der Waals surface area contributed by atoms with Gasteiger partial charge >= 0.3 is 0 Å². The lowest BCUT2D eigenvalue weighted by molar-refractivity contribution is 0.604. The summed E-state index contributed by atoms with van der Waals surface area (Å²) < 4.78 is 23.2. The molecule has 22 heavy (non-hydrogen) atoms. The van der Waals surface area contributed by atoms with Crippen molar-refractivity contribution >= 4 is 32.8 Å². The Morgan fingerprint density at radius 2 is 1.95 bits per heavy atom. The number of thiophene rings is 1. The number of sulfone groups is 1. The summed E-state index contributed by atoms with van der Waals surface area (Å²) >= 11 is 1.21. The Hall–Kier alpha value is -1.86. The van der Waals surface area contributed by atoms with Crippen LogP contribution in [0.1, 0.15) is 16.0 Å². The number of nitrogens with two attached hydrogens (primary N) is 1. The van der Waals surface area contributed by atoms with Gasteiger partial charge in [-0.1, -0.05) is 6.07 Å². The number of guanidine groups is 1. The van der Waals surface area contributed by atoms with Gasteiger partial charge in [-0.15, -0.1) is 11.3 Å². The highest BCUT2D eigenvalue weighted by molar-refractivity contribution is 7.92. The fourth-order valence-electron chi connectivity index (χ4n) is 1.81. The molecule has 0 spiro atoms. The average molecular weight is 337 g/mol. The van der Waals surface area contributed by atoms with E-state index in [9.17, 15) is 8.42 Å². The van der Waals surface area contributed by atoms with E-state index >= 15 is 0 Å². The molecule has 0 fully saturated rings. The molecule has 0 aliphatic carbocycles. The minimum Gasteiger partial charge on any atom is -0.370 e. The Morgan fingerprint density at radius 1 is 1.23 bits per heavy atom. The second kappa shape index (κ2) is 6.50. The van der Waals surface area contributed by atoms with Crippen LogP contribution < -0.4 is 11.1 Å². The quantitative estimate of drug-likeness (QED) is 0.663. The van der Waals surface area contributed by atoms with Crippen LogP contribution >= 0.6 is 11.3 Å². The van der Waals surface area contributed by atoms with Gasteiger partial charge < -0.3 is 11.1 Å². The van der Waals surface area contributed by atoms with Crippen molar-refractivity contribution in [1.82, 2.24) is 0 Å². The summed E-state index contributed by atoms with van der Waals surface area (Å²) in [5.41, 5.74) is 9.13. The minimum absolute atomic E-state index is 0.303. The molecule has 1 heterocycles. The number of hydrogen-bond acceptors (Lipinski definition) is 4. The van der Waals surface area contributed by atoms with Crippen LogP contribution in [-0.4, -0.2) is 20.6 Å². The van der Waals surface area contributed by atoms with Gasteiger partial charge in [0.1, 0.15) is 4.21 Å². The number of nitrogens with zero attached hydrogens (tertiary/aromatic N) is 1. The standard InChI is InChI=1S/C15H19N3O2S2/c1-10-4-5-12(8-11(10)2)18-15(16)17-9-13-6-7-14(21-13)22(3,19)20/h4-8H,9H2,1-3H3,(H3,16,17,18). The molecule has 118 valence electrons. The number of benzene rings is 1. The molecule has 0 unspecified atom stereocenters. The first-order chi connectivity index (χ1) is 10.3. The molecule has 0 aliphatic rings. The molecule has 0 bridgehead atoms. The SMILES string of the molecule is Cc1ccc(NC(N)=NCc2ccc(S(C)(=O)=O)s2)cc1C. The van der Waals surface area contributed by atoms with Crippen molar-refractivity contribution in [3.8, 4) is 0 Å². The van der Waals surface area contributed by atoms with Crippen LogP contribution in [-0.2, 0) is 16.4 Å². The van der Waals surface area contributed by atoms with E-state index in [1.54, 1.807) is 12.1 Å². The van der Waals surface area contributed by atoms with E-state index in [4.69, 9.17) is 5.73 Å². The highest BCUT2D eigenvalue weighted by Gasteiger charge is 2.10. The topological polar surface area (TPSA) is 84.5 Å². The molecule has 5 nitrogen and oxygen atoms in total. The lowest BCUT2D eigenvalue weighted by atomic mass is 10.1. The van der Waals surface area contributed by atoms with Crippen LogP contribution in [0.15, 0.2) is 39.5 Å². The third-order valence-electron chi connectivity index (χ3n) is 3.19. The van der Waals surface area contributed by atoms with Crippen molar-refractivity contribution in [3.05, 3.63) is 46.3 Å². The first-order valence-corrected chi connectivity index (χ1v) is 9.39. The normalized spacial score (nSPS) is 12.4. The van der Waals surface area contributed by atoms with Gasteiger partial charge in [0.05, 0.1) is 6.54 Å². The van der Waals surface area contributed by atoms with E-state index in [0.717, 1.165) is 10.6 Å². The largest absolute Gasteiger partial charge is 0.370 e. The second-order valence-corrected chi connectivity index (χ2v) is 8.53. The number of nitrogens with one attached hydrogen (secondary N) is 1. The summed E-state index contributed by atoms with van der Waals surface area (Å²) in [5.74, 6) is 0.303. The third kappa shape index (κ3) is 4.32. The van der Waals surface area contributed by atoms with Crippen molar-refractivity contribution < 1.29 is 8.42 Å². The monoisotopic (exact) mass is 337 g/mol. The fraction of sp³-hybridized carbons (Fsp3) is 0.267. The Balaban J connectivity index is 2.03. The van der Waals surface area contributed by atoms with E-state index in [1.165, 1.54) is 28.7 Å². The van der Waals surface area contributed by atoms with Crippen LogP contribution in [0.4, 0.5) is 5.69 Å². The Morgan fingerprint density at radius 3 is 2.55 bits per heavy atom. The van der Waals surface area contributed by atoms with Crippen LogP contribution in [0.25, 0.3) is 0 Å². The number of aryl methyl sites for hydroxylation is 2. The summed E-state index contributed by atoms with van der Waals surface area (Å²) in [7, 11) is -3.15. The highest BCUT2D eigenvalue weighted by atomic mass is 32.2. The second-order valence-electron chi connectivity index (χ2n) is 5.12. The molecule has 0 aliphatic heterocycles. The number of anilines is 1. The average Bonchev–Trinajstić information content (AvgIpc) is 2.89. The Labute approximate surface area is 134 Å². The third-order valence-corrected chi connectivity index (χ3v) is 6.08. The molecular weight excluding hydrogens is 318 g/mol. The summed E-state index contributed by atoms with van der Waals surface area (Å²) in [6.07, 6.45) is 1.20. The highest BCUT2D eigenvalue weighted by Crippen LogP contribution is 2.22. The van der Waals surface area contributed by atoms with Crippen molar-refractivity contribution in [2.75, 3.05) is 11.6 Å². The zero-order chi connectivity index (χ0) is 16.3. The number of aliphatic imine (C=N–C) groups is 1. The molecule has 2 rings (SSSR count). The predicted molar refractivity (Wildman–Crippen MR) is 92.3 cm³/mol. The Bertz CT molecular complexity index is 808. The molecule has 0 amide bonds. The van der Waals surface area contributed by atoms with Gasteiger partial charge in [-0.2, -0.15) is 0 Å². The molecule has 0 saturated heterocycles. The summed E-state index contributed by atoms with van der Waals surface area (Å²) in [4.78, 5) is 5.09. The summed E-state index contributed by atoms with van der Waals surface area (Å²) in [5, 5.41) is 3.03. The fourth-order valence-corrected chi connectivity index (χ4v) is 3.71. The van der Waals surface area contributed by atoms with Crippen LogP contribution in [0.3, 0.4) is 0 Å². The lowest BCUT2D eigenvalue weighted by Crippen LogP contribution is -2.22.